The molecule has 2 fully saturated rings. The van der Waals surface area contributed by atoms with Gasteiger partial charge in [0.2, 0.25) is 5.91 Å². The fraction of sp³-hybridized carbons (Fsp3) is 0.818. The Bertz CT molecular complexity index is 332. The van der Waals surface area contributed by atoms with Crippen LogP contribution in [0.2, 0.25) is 0 Å². The van der Waals surface area contributed by atoms with Gasteiger partial charge < -0.3 is 19.8 Å². The molecule has 2 rings (SSSR count). The molecule has 0 spiro atoms. The molecule has 1 amide bonds. The Morgan fingerprint density at radius 3 is 2.59 bits per heavy atom. The number of carboxylic acid groups (broad SMARTS) is 1. The Balaban J connectivity index is 2.05. The van der Waals surface area contributed by atoms with E-state index in [-0.39, 0.29) is 30.9 Å². The standard InChI is InChI=1S/C11H17NO5/c1-6-2-7(5-17-6)10(14)12-4-8(13)3-9(12)11(15)16/h6-9,13H,2-5H2,1H3,(H,15,16)/t6?,7?,8-,9-/m1/s1. The third kappa shape index (κ3) is 2.42. The second-order valence-corrected chi connectivity index (χ2v) is 4.81. The second-order valence-electron chi connectivity index (χ2n) is 4.81. The van der Waals surface area contributed by atoms with E-state index in [0.717, 1.165) is 0 Å². The van der Waals surface area contributed by atoms with Crippen molar-refractivity contribution in [2.75, 3.05) is 13.2 Å². The van der Waals surface area contributed by atoms with Gasteiger partial charge in [0.05, 0.1) is 24.7 Å². The molecule has 0 radical (unpaired) electrons. The SMILES string of the molecule is CC1CC(C(=O)N2C[C@H](O)C[C@@H]2C(=O)O)CO1. The average Bonchev–Trinajstić information content (AvgIpc) is 2.83. The van der Waals surface area contributed by atoms with Crippen LogP contribution >= 0.6 is 0 Å². The highest BCUT2D eigenvalue weighted by Gasteiger charge is 2.42. The third-order valence-corrected chi connectivity index (χ3v) is 3.39. The number of amides is 1. The van der Waals surface area contributed by atoms with Crippen LogP contribution in [0.3, 0.4) is 0 Å². The molecule has 2 unspecified atom stereocenters. The van der Waals surface area contributed by atoms with Crippen LogP contribution < -0.4 is 0 Å². The van der Waals surface area contributed by atoms with Crippen molar-refractivity contribution < 1.29 is 24.5 Å². The summed E-state index contributed by atoms with van der Waals surface area (Å²) in [4.78, 5) is 24.4. The number of carboxylic acids is 1. The highest BCUT2D eigenvalue weighted by Crippen LogP contribution is 2.26. The van der Waals surface area contributed by atoms with E-state index in [0.29, 0.717) is 13.0 Å². The molecule has 0 saturated carbocycles. The molecular formula is C11H17NO5. The van der Waals surface area contributed by atoms with E-state index in [9.17, 15) is 14.7 Å². The van der Waals surface area contributed by atoms with Gasteiger partial charge in [-0.3, -0.25) is 4.79 Å². The molecule has 96 valence electrons. The van der Waals surface area contributed by atoms with E-state index in [2.05, 4.69) is 0 Å². The Morgan fingerprint density at radius 2 is 2.06 bits per heavy atom. The van der Waals surface area contributed by atoms with Crippen LogP contribution in [-0.2, 0) is 14.3 Å². The van der Waals surface area contributed by atoms with Crippen LogP contribution in [0.25, 0.3) is 0 Å². The smallest absolute Gasteiger partial charge is 0.326 e. The van der Waals surface area contributed by atoms with Gasteiger partial charge >= 0.3 is 5.97 Å². The largest absolute Gasteiger partial charge is 0.480 e. The predicted octanol–water partition coefficient (Wildman–Crippen LogP) is -0.542. The second kappa shape index (κ2) is 4.62. The fourth-order valence-corrected chi connectivity index (χ4v) is 2.52. The van der Waals surface area contributed by atoms with E-state index >= 15 is 0 Å². The summed E-state index contributed by atoms with van der Waals surface area (Å²) in [7, 11) is 0. The van der Waals surface area contributed by atoms with Crippen molar-refractivity contribution in [2.45, 2.75) is 38.0 Å². The molecule has 0 aromatic carbocycles. The van der Waals surface area contributed by atoms with E-state index < -0.39 is 18.1 Å². The van der Waals surface area contributed by atoms with Gasteiger partial charge in [0.15, 0.2) is 0 Å². The number of ether oxygens (including phenoxy) is 1. The number of nitrogens with zero attached hydrogens (tertiary/aromatic N) is 1. The van der Waals surface area contributed by atoms with Crippen LogP contribution in [0.5, 0.6) is 0 Å². The summed E-state index contributed by atoms with van der Waals surface area (Å²) >= 11 is 0. The van der Waals surface area contributed by atoms with Crippen molar-refractivity contribution in [3.05, 3.63) is 0 Å². The summed E-state index contributed by atoms with van der Waals surface area (Å²) in [6.45, 7) is 2.35. The Labute approximate surface area is 99.2 Å². The lowest BCUT2D eigenvalue weighted by atomic mass is 10.0. The number of aliphatic hydroxyl groups is 1. The zero-order valence-electron chi connectivity index (χ0n) is 9.70. The summed E-state index contributed by atoms with van der Waals surface area (Å²) < 4.78 is 5.31. The van der Waals surface area contributed by atoms with Crippen molar-refractivity contribution in [1.29, 1.82) is 0 Å². The van der Waals surface area contributed by atoms with Gasteiger partial charge in [0, 0.05) is 13.0 Å². The van der Waals surface area contributed by atoms with Crippen LogP contribution in [0.4, 0.5) is 0 Å². The lowest BCUT2D eigenvalue weighted by molar-refractivity contribution is -0.149. The van der Waals surface area contributed by atoms with Crippen LogP contribution in [0, 0.1) is 5.92 Å². The molecule has 2 heterocycles. The molecule has 6 nitrogen and oxygen atoms in total. The minimum Gasteiger partial charge on any atom is -0.480 e. The number of aliphatic hydroxyl groups excluding tert-OH is 1. The first-order valence-corrected chi connectivity index (χ1v) is 5.82. The number of aliphatic carboxylic acids is 1. The van der Waals surface area contributed by atoms with Crippen molar-refractivity contribution in [1.82, 2.24) is 4.90 Å². The van der Waals surface area contributed by atoms with Gasteiger partial charge in [-0.2, -0.15) is 0 Å². The van der Waals surface area contributed by atoms with Gasteiger partial charge in [-0.1, -0.05) is 0 Å². The first-order valence-electron chi connectivity index (χ1n) is 5.82. The molecule has 2 aliphatic rings. The number of hydrogen-bond donors (Lipinski definition) is 2. The number of rotatable bonds is 2. The number of likely N-dealkylation sites (tertiary alicyclic amines) is 1. The summed E-state index contributed by atoms with van der Waals surface area (Å²) in [5.74, 6) is -1.53. The Hall–Kier alpha value is -1.14. The molecule has 0 bridgehead atoms. The molecule has 2 saturated heterocycles. The van der Waals surface area contributed by atoms with E-state index in [1.165, 1.54) is 4.90 Å². The zero-order valence-corrected chi connectivity index (χ0v) is 9.70. The predicted molar refractivity (Wildman–Crippen MR) is 57.3 cm³/mol. The topological polar surface area (TPSA) is 87.1 Å². The van der Waals surface area contributed by atoms with E-state index in [1.807, 2.05) is 6.92 Å². The first-order chi connectivity index (χ1) is 7.99. The zero-order chi connectivity index (χ0) is 12.6. The van der Waals surface area contributed by atoms with Gasteiger partial charge in [0.1, 0.15) is 6.04 Å². The van der Waals surface area contributed by atoms with Crippen molar-refractivity contribution in [3.8, 4) is 0 Å². The highest BCUT2D eigenvalue weighted by molar-refractivity contribution is 5.86. The monoisotopic (exact) mass is 243 g/mol. The molecule has 2 N–H and O–H groups in total. The van der Waals surface area contributed by atoms with Gasteiger partial charge in [-0.25, -0.2) is 4.79 Å². The number of carbonyl (C=O) groups excluding carboxylic acids is 1. The van der Waals surface area contributed by atoms with Gasteiger partial charge in [-0.05, 0) is 13.3 Å². The van der Waals surface area contributed by atoms with Crippen molar-refractivity contribution in [2.24, 2.45) is 5.92 Å². The third-order valence-electron chi connectivity index (χ3n) is 3.39. The van der Waals surface area contributed by atoms with E-state index in [1.54, 1.807) is 0 Å². The Morgan fingerprint density at radius 1 is 1.35 bits per heavy atom. The number of carbonyl (C=O) groups is 2. The quantitative estimate of drug-likeness (QED) is 0.680. The fourth-order valence-electron chi connectivity index (χ4n) is 2.52. The molecule has 0 aliphatic carbocycles. The van der Waals surface area contributed by atoms with Crippen LogP contribution in [0.1, 0.15) is 19.8 Å². The van der Waals surface area contributed by atoms with Gasteiger partial charge in [-0.15, -0.1) is 0 Å². The van der Waals surface area contributed by atoms with Crippen LogP contribution in [0.15, 0.2) is 0 Å². The summed E-state index contributed by atoms with van der Waals surface area (Å²) in [5, 5.41) is 18.5. The lowest BCUT2D eigenvalue weighted by Crippen LogP contribution is -2.43. The molecule has 6 heteroatoms. The molecule has 0 aromatic rings. The summed E-state index contributed by atoms with van der Waals surface area (Å²) in [6, 6.07) is -0.895. The van der Waals surface area contributed by atoms with Crippen molar-refractivity contribution >= 4 is 11.9 Å². The molecule has 17 heavy (non-hydrogen) atoms. The summed E-state index contributed by atoms with van der Waals surface area (Å²) in [6.07, 6.45) is 0.0432. The number of β-amino-alcohol motifs (C(OH)–C–C–N with tert-alkyl or cyclic N) is 1. The molecular weight excluding hydrogens is 226 g/mol. The van der Waals surface area contributed by atoms with Crippen LogP contribution in [-0.4, -0.2) is 58.4 Å². The number of hydrogen-bond acceptors (Lipinski definition) is 4. The van der Waals surface area contributed by atoms with E-state index in [4.69, 9.17) is 9.84 Å². The minimum absolute atomic E-state index is 0.0414. The maximum Gasteiger partial charge on any atom is 0.326 e. The minimum atomic E-state index is -1.05. The first kappa shape index (κ1) is 12.3. The molecule has 0 aromatic heterocycles. The highest BCUT2D eigenvalue weighted by atomic mass is 16.5. The average molecular weight is 243 g/mol. The summed E-state index contributed by atoms with van der Waals surface area (Å²) in [5.41, 5.74) is 0. The molecule has 4 atom stereocenters. The maximum atomic E-state index is 12.1. The normalized spacial score (nSPS) is 37.4. The molecule has 2 aliphatic heterocycles. The van der Waals surface area contributed by atoms with Crippen molar-refractivity contribution in [3.63, 3.8) is 0 Å². The van der Waals surface area contributed by atoms with Gasteiger partial charge in [0.25, 0.3) is 0 Å². The maximum absolute atomic E-state index is 12.1. The Kier molecular flexibility index (Phi) is 3.35. The lowest BCUT2D eigenvalue weighted by Gasteiger charge is -2.23.